The second-order valence-electron chi connectivity index (χ2n) is 4.51. The highest BCUT2D eigenvalue weighted by molar-refractivity contribution is 5.39. The van der Waals surface area contributed by atoms with Crippen LogP contribution in [0, 0.1) is 0 Å². The Bertz CT molecular complexity index is 341. The number of anilines is 2. The van der Waals surface area contributed by atoms with Gasteiger partial charge in [0.2, 0.25) is 5.95 Å². The molecule has 0 aliphatic carbocycles. The second-order valence-corrected chi connectivity index (χ2v) is 4.51. The Balaban J connectivity index is 2.53. The molecule has 0 aliphatic rings. The average Bonchev–Trinajstić information content (AvgIpc) is 2.35. The zero-order valence-corrected chi connectivity index (χ0v) is 11.1. The molecule has 0 saturated heterocycles. The average molecular weight is 238 g/mol. The zero-order chi connectivity index (χ0) is 12.7. The van der Waals surface area contributed by atoms with Gasteiger partial charge in [0, 0.05) is 26.4 Å². The third-order valence-corrected chi connectivity index (χ3v) is 2.44. The minimum absolute atomic E-state index is 0.206. The Morgan fingerprint density at radius 1 is 1.35 bits per heavy atom. The van der Waals surface area contributed by atoms with Crippen molar-refractivity contribution in [2.24, 2.45) is 0 Å². The van der Waals surface area contributed by atoms with Crippen molar-refractivity contribution in [3.8, 4) is 0 Å². The van der Waals surface area contributed by atoms with Crippen LogP contribution in [0.3, 0.4) is 0 Å². The van der Waals surface area contributed by atoms with Crippen LogP contribution in [0.1, 0.15) is 27.2 Å². The normalized spacial score (nSPS) is 11.3. The quantitative estimate of drug-likeness (QED) is 0.762. The molecule has 0 aromatic carbocycles. The Kier molecular flexibility index (Phi) is 5.15. The summed E-state index contributed by atoms with van der Waals surface area (Å²) >= 11 is 0. The van der Waals surface area contributed by atoms with E-state index in [1.54, 1.807) is 13.3 Å². The van der Waals surface area contributed by atoms with E-state index >= 15 is 0 Å². The van der Waals surface area contributed by atoms with Crippen molar-refractivity contribution in [2.75, 3.05) is 30.8 Å². The smallest absolute Gasteiger partial charge is 0.224 e. The van der Waals surface area contributed by atoms with Crippen LogP contribution in [0.4, 0.5) is 11.8 Å². The van der Waals surface area contributed by atoms with Gasteiger partial charge in [-0.05, 0) is 26.3 Å². The van der Waals surface area contributed by atoms with Crippen molar-refractivity contribution < 1.29 is 4.74 Å². The van der Waals surface area contributed by atoms with Gasteiger partial charge < -0.3 is 15.4 Å². The van der Waals surface area contributed by atoms with E-state index in [0.29, 0.717) is 12.5 Å². The van der Waals surface area contributed by atoms with Gasteiger partial charge in [0.25, 0.3) is 0 Å². The molecule has 1 rings (SSSR count). The summed E-state index contributed by atoms with van der Waals surface area (Å²) in [6.07, 6.45) is 2.80. The van der Waals surface area contributed by atoms with Crippen LogP contribution in [-0.2, 0) is 4.74 Å². The zero-order valence-electron chi connectivity index (χ0n) is 11.1. The lowest BCUT2D eigenvalue weighted by Crippen LogP contribution is -2.32. The van der Waals surface area contributed by atoms with E-state index in [0.717, 1.165) is 18.8 Å². The van der Waals surface area contributed by atoms with Gasteiger partial charge in [-0.15, -0.1) is 0 Å². The van der Waals surface area contributed by atoms with Crippen LogP contribution in [0.15, 0.2) is 12.3 Å². The molecule has 0 amide bonds. The van der Waals surface area contributed by atoms with Crippen molar-refractivity contribution in [3.05, 3.63) is 12.3 Å². The van der Waals surface area contributed by atoms with Crippen LogP contribution in [0.25, 0.3) is 0 Å². The fourth-order valence-corrected chi connectivity index (χ4v) is 1.15. The van der Waals surface area contributed by atoms with Gasteiger partial charge in [-0.1, -0.05) is 6.92 Å². The maximum Gasteiger partial charge on any atom is 0.224 e. The summed E-state index contributed by atoms with van der Waals surface area (Å²) in [5.74, 6) is 1.47. The summed E-state index contributed by atoms with van der Waals surface area (Å²) < 4.78 is 5.33. The van der Waals surface area contributed by atoms with Gasteiger partial charge in [0.1, 0.15) is 5.82 Å². The third kappa shape index (κ3) is 4.99. The van der Waals surface area contributed by atoms with Crippen LogP contribution in [0.2, 0.25) is 0 Å². The van der Waals surface area contributed by atoms with E-state index in [-0.39, 0.29) is 5.60 Å². The number of ether oxygens (including phenoxy) is 1. The minimum atomic E-state index is -0.206. The molecular formula is C12H22N4O. The predicted molar refractivity (Wildman–Crippen MR) is 70.4 cm³/mol. The monoisotopic (exact) mass is 238 g/mol. The molecule has 1 aromatic rings. The Morgan fingerprint density at radius 2 is 2.12 bits per heavy atom. The molecule has 5 heteroatoms. The first-order valence-electron chi connectivity index (χ1n) is 5.93. The van der Waals surface area contributed by atoms with Gasteiger partial charge in [-0.3, -0.25) is 0 Å². The lowest BCUT2D eigenvalue weighted by Gasteiger charge is -2.23. The largest absolute Gasteiger partial charge is 0.377 e. The molecular weight excluding hydrogens is 216 g/mol. The summed E-state index contributed by atoms with van der Waals surface area (Å²) in [7, 11) is 1.70. The first kappa shape index (κ1) is 13.7. The van der Waals surface area contributed by atoms with Crippen molar-refractivity contribution in [1.82, 2.24) is 9.97 Å². The van der Waals surface area contributed by atoms with E-state index in [1.165, 1.54) is 0 Å². The van der Waals surface area contributed by atoms with E-state index in [1.807, 2.05) is 19.9 Å². The summed E-state index contributed by atoms with van der Waals surface area (Å²) in [6, 6.07) is 1.85. The topological polar surface area (TPSA) is 59.1 Å². The second kappa shape index (κ2) is 6.39. The Morgan fingerprint density at radius 3 is 2.76 bits per heavy atom. The molecule has 0 aliphatic heterocycles. The van der Waals surface area contributed by atoms with Gasteiger partial charge in [0.15, 0.2) is 0 Å². The molecule has 1 heterocycles. The SMILES string of the molecule is CCCNc1nccc(NCC(C)(C)OC)n1. The minimum Gasteiger partial charge on any atom is -0.377 e. The molecule has 0 spiro atoms. The van der Waals surface area contributed by atoms with E-state index in [2.05, 4.69) is 27.5 Å². The van der Waals surface area contributed by atoms with Gasteiger partial charge in [0.05, 0.1) is 5.60 Å². The molecule has 1 aromatic heterocycles. The van der Waals surface area contributed by atoms with E-state index in [9.17, 15) is 0 Å². The Hall–Kier alpha value is -1.36. The Labute approximate surface area is 103 Å². The number of hydrogen-bond acceptors (Lipinski definition) is 5. The summed E-state index contributed by atoms with van der Waals surface area (Å²) in [5, 5.41) is 6.39. The molecule has 96 valence electrons. The van der Waals surface area contributed by atoms with Gasteiger partial charge in [-0.2, -0.15) is 4.98 Å². The molecule has 0 bridgehead atoms. The van der Waals surface area contributed by atoms with Crippen LogP contribution in [-0.4, -0.2) is 35.8 Å². The highest BCUT2D eigenvalue weighted by Gasteiger charge is 2.15. The predicted octanol–water partition coefficient (Wildman–Crippen LogP) is 2.14. The lowest BCUT2D eigenvalue weighted by molar-refractivity contribution is 0.0343. The van der Waals surface area contributed by atoms with Crippen LogP contribution in [0.5, 0.6) is 0 Å². The van der Waals surface area contributed by atoms with Crippen molar-refractivity contribution in [1.29, 1.82) is 0 Å². The standard InChI is InChI=1S/C12H22N4O/c1-5-7-13-11-14-8-6-10(16-11)15-9-12(2,3)17-4/h6,8H,5,7,9H2,1-4H3,(H2,13,14,15,16). The van der Waals surface area contributed by atoms with Gasteiger partial charge in [-0.25, -0.2) is 4.98 Å². The molecule has 0 saturated carbocycles. The molecule has 0 unspecified atom stereocenters. The van der Waals surface area contributed by atoms with Crippen molar-refractivity contribution in [2.45, 2.75) is 32.8 Å². The molecule has 17 heavy (non-hydrogen) atoms. The maximum atomic E-state index is 5.33. The number of hydrogen-bond donors (Lipinski definition) is 2. The lowest BCUT2D eigenvalue weighted by atomic mass is 10.1. The van der Waals surface area contributed by atoms with Gasteiger partial charge >= 0.3 is 0 Å². The van der Waals surface area contributed by atoms with Crippen molar-refractivity contribution >= 4 is 11.8 Å². The fourth-order valence-electron chi connectivity index (χ4n) is 1.15. The van der Waals surface area contributed by atoms with Crippen LogP contribution >= 0.6 is 0 Å². The van der Waals surface area contributed by atoms with E-state index < -0.39 is 0 Å². The number of nitrogens with one attached hydrogen (secondary N) is 2. The number of methoxy groups -OCH3 is 1. The number of aromatic nitrogens is 2. The fraction of sp³-hybridized carbons (Fsp3) is 0.667. The van der Waals surface area contributed by atoms with Crippen LogP contribution < -0.4 is 10.6 Å². The van der Waals surface area contributed by atoms with Crippen molar-refractivity contribution in [3.63, 3.8) is 0 Å². The highest BCUT2D eigenvalue weighted by atomic mass is 16.5. The third-order valence-electron chi connectivity index (χ3n) is 2.44. The molecule has 0 radical (unpaired) electrons. The first-order valence-corrected chi connectivity index (χ1v) is 5.93. The van der Waals surface area contributed by atoms with E-state index in [4.69, 9.17) is 4.74 Å². The summed E-state index contributed by atoms with van der Waals surface area (Å²) in [4.78, 5) is 8.51. The molecule has 0 atom stereocenters. The summed E-state index contributed by atoms with van der Waals surface area (Å²) in [5.41, 5.74) is -0.206. The molecule has 5 nitrogen and oxygen atoms in total. The molecule has 0 fully saturated rings. The number of rotatable bonds is 7. The summed E-state index contributed by atoms with van der Waals surface area (Å²) in [6.45, 7) is 7.74. The maximum absolute atomic E-state index is 5.33. The number of nitrogens with zero attached hydrogens (tertiary/aromatic N) is 2. The highest BCUT2D eigenvalue weighted by Crippen LogP contribution is 2.10. The first-order chi connectivity index (χ1) is 8.07. The molecule has 2 N–H and O–H groups in total.